The molecule has 0 aliphatic heterocycles. The van der Waals surface area contributed by atoms with Crippen LogP contribution in [0.25, 0.3) is 0 Å². The molecule has 0 unspecified atom stereocenters. The molecule has 0 fully saturated rings. The number of hydrogen-bond donors (Lipinski definition) is 0. The smallest absolute Gasteiger partial charge is 0.303 e. The second-order valence-corrected chi connectivity index (χ2v) is 4.41. The van der Waals surface area contributed by atoms with Crippen molar-refractivity contribution < 1.29 is 13.6 Å². The fourth-order valence-electron chi connectivity index (χ4n) is 0.820. The van der Waals surface area contributed by atoms with E-state index in [-0.39, 0.29) is 0 Å². The Kier molecular flexibility index (Phi) is 3.91. The molecule has 0 saturated carbocycles. The first kappa shape index (κ1) is 11.0. The largest absolute Gasteiger partial charge is 0.405 e. The number of hydrogen-bond acceptors (Lipinski definition) is 3. The van der Waals surface area contributed by atoms with Crippen LogP contribution >= 0.6 is 7.60 Å². The van der Waals surface area contributed by atoms with Crippen LogP contribution in [0.5, 0.6) is 0 Å². The van der Waals surface area contributed by atoms with Crippen molar-refractivity contribution in [1.82, 2.24) is 0 Å². The molecular formula is C10H11O3P. The summed E-state index contributed by atoms with van der Waals surface area (Å²) in [5, 5.41) is 0. The minimum absolute atomic E-state index is 0.779. The molecule has 0 atom stereocenters. The van der Waals surface area contributed by atoms with Gasteiger partial charge in [-0.25, -0.2) is 4.57 Å². The summed E-state index contributed by atoms with van der Waals surface area (Å²) in [4.78, 5) is 0. The molecule has 0 radical (unpaired) electrons. The first-order valence-corrected chi connectivity index (χ1v) is 5.54. The SMILES string of the molecule is COP(=O)(C#Cc1ccccc1)OC. The van der Waals surface area contributed by atoms with Crippen LogP contribution in [0, 0.1) is 11.6 Å². The second kappa shape index (κ2) is 4.97. The summed E-state index contributed by atoms with van der Waals surface area (Å²) in [6.45, 7) is 0. The van der Waals surface area contributed by atoms with Crippen LogP contribution < -0.4 is 0 Å². The molecule has 1 aromatic carbocycles. The molecular weight excluding hydrogens is 199 g/mol. The molecule has 0 saturated heterocycles. The monoisotopic (exact) mass is 210 g/mol. The van der Waals surface area contributed by atoms with Gasteiger partial charge in [0.2, 0.25) is 0 Å². The molecule has 74 valence electrons. The predicted octanol–water partition coefficient (Wildman–Crippen LogP) is 2.48. The Morgan fingerprint density at radius 1 is 1.14 bits per heavy atom. The van der Waals surface area contributed by atoms with Crippen molar-refractivity contribution in [3.05, 3.63) is 35.9 Å². The zero-order valence-corrected chi connectivity index (χ0v) is 8.95. The van der Waals surface area contributed by atoms with Gasteiger partial charge in [-0.15, -0.1) is 0 Å². The van der Waals surface area contributed by atoms with E-state index in [1.807, 2.05) is 30.3 Å². The van der Waals surface area contributed by atoms with Crippen LogP contribution in [0.1, 0.15) is 5.56 Å². The van der Waals surface area contributed by atoms with Gasteiger partial charge in [0.15, 0.2) is 0 Å². The Morgan fingerprint density at radius 3 is 2.21 bits per heavy atom. The third kappa shape index (κ3) is 3.01. The van der Waals surface area contributed by atoms with E-state index < -0.39 is 7.60 Å². The third-order valence-corrected chi connectivity index (χ3v) is 2.94. The number of rotatable bonds is 2. The van der Waals surface area contributed by atoms with Crippen molar-refractivity contribution in [2.45, 2.75) is 0 Å². The van der Waals surface area contributed by atoms with Crippen molar-refractivity contribution in [2.75, 3.05) is 14.2 Å². The van der Waals surface area contributed by atoms with Gasteiger partial charge in [0.1, 0.15) is 0 Å². The maximum atomic E-state index is 11.5. The Bertz CT molecular complexity index is 381. The lowest BCUT2D eigenvalue weighted by molar-refractivity contribution is 0.288. The van der Waals surface area contributed by atoms with Crippen LogP contribution in [-0.2, 0) is 13.6 Å². The van der Waals surface area contributed by atoms with Gasteiger partial charge in [0.25, 0.3) is 0 Å². The lowest BCUT2D eigenvalue weighted by Crippen LogP contribution is -1.84. The zero-order chi connectivity index (χ0) is 10.4. The summed E-state index contributed by atoms with van der Waals surface area (Å²) in [6, 6.07) is 9.24. The molecule has 0 heterocycles. The van der Waals surface area contributed by atoms with Gasteiger partial charge in [0.05, 0.1) is 0 Å². The summed E-state index contributed by atoms with van der Waals surface area (Å²) in [6.07, 6.45) is 0. The molecule has 0 aliphatic rings. The molecule has 1 aromatic rings. The average Bonchev–Trinajstić information content (AvgIpc) is 2.27. The first-order chi connectivity index (χ1) is 6.70. The van der Waals surface area contributed by atoms with E-state index in [0.29, 0.717) is 0 Å². The molecule has 3 nitrogen and oxygen atoms in total. The maximum absolute atomic E-state index is 11.5. The average molecular weight is 210 g/mol. The predicted molar refractivity (Wildman–Crippen MR) is 54.9 cm³/mol. The lowest BCUT2D eigenvalue weighted by Gasteiger charge is -2.04. The quantitative estimate of drug-likeness (QED) is 0.555. The highest BCUT2D eigenvalue weighted by Crippen LogP contribution is 2.44. The molecule has 0 aliphatic carbocycles. The van der Waals surface area contributed by atoms with E-state index in [1.54, 1.807) is 0 Å². The van der Waals surface area contributed by atoms with Gasteiger partial charge in [-0.2, -0.15) is 0 Å². The van der Waals surface area contributed by atoms with Crippen LogP contribution in [0.3, 0.4) is 0 Å². The van der Waals surface area contributed by atoms with Gasteiger partial charge in [-0.1, -0.05) is 24.1 Å². The van der Waals surface area contributed by atoms with Crippen molar-refractivity contribution in [2.24, 2.45) is 0 Å². The lowest BCUT2D eigenvalue weighted by atomic mass is 10.2. The van der Waals surface area contributed by atoms with E-state index in [2.05, 4.69) is 20.6 Å². The Morgan fingerprint density at radius 2 is 1.71 bits per heavy atom. The van der Waals surface area contributed by atoms with Gasteiger partial charge < -0.3 is 9.05 Å². The normalized spacial score (nSPS) is 10.4. The molecule has 0 amide bonds. The first-order valence-electron chi connectivity index (χ1n) is 4.00. The van der Waals surface area contributed by atoms with Gasteiger partial charge >= 0.3 is 7.60 Å². The van der Waals surface area contributed by atoms with E-state index in [1.165, 1.54) is 14.2 Å². The Hall–Kier alpha value is -1.07. The summed E-state index contributed by atoms with van der Waals surface area (Å²) < 4.78 is 20.8. The minimum Gasteiger partial charge on any atom is -0.303 e. The van der Waals surface area contributed by atoms with Gasteiger partial charge in [-0.3, -0.25) is 0 Å². The van der Waals surface area contributed by atoms with Gasteiger partial charge in [0, 0.05) is 25.4 Å². The fourth-order valence-corrected chi connectivity index (χ4v) is 1.42. The summed E-state index contributed by atoms with van der Waals surface area (Å²) in [7, 11) is -0.589. The van der Waals surface area contributed by atoms with Crippen molar-refractivity contribution in [3.8, 4) is 11.6 Å². The molecule has 4 heteroatoms. The highest BCUT2D eigenvalue weighted by atomic mass is 31.2. The number of benzene rings is 1. The van der Waals surface area contributed by atoms with Crippen LogP contribution in [0.4, 0.5) is 0 Å². The topological polar surface area (TPSA) is 35.5 Å². The second-order valence-electron chi connectivity index (χ2n) is 2.47. The van der Waals surface area contributed by atoms with Gasteiger partial charge in [-0.05, 0) is 12.1 Å². The third-order valence-electron chi connectivity index (χ3n) is 1.59. The van der Waals surface area contributed by atoms with Crippen LogP contribution in [0.15, 0.2) is 30.3 Å². The molecule has 1 rings (SSSR count). The van der Waals surface area contributed by atoms with E-state index in [0.717, 1.165) is 5.56 Å². The van der Waals surface area contributed by atoms with Crippen molar-refractivity contribution >= 4 is 7.60 Å². The van der Waals surface area contributed by atoms with E-state index in [4.69, 9.17) is 0 Å². The van der Waals surface area contributed by atoms with E-state index in [9.17, 15) is 4.57 Å². The Balaban J connectivity index is 2.88. The maximum Gasteiger partial charge on any atom is 0.405 e. The van der Waals surface area contributed by atoms with Crippen LogP contribution in [0.2, 0.25) is 0 Å². The molecule has 0 N–H and O–H groups in total. The summed E-state index contributed by atoms with van der Waals surface area (Å²) >= 11 is 0. The highest BCUT2D eigenvalue weighted by Gasteiger charge is 2.15. The molecule has 0 spiro atoms. The summed E-state index contributed by atoms with van der Waals surface area (Å²) in [5.41, 5.74) is 3.25. The molecule has 0 aromatic heterocycles. The summed E-state index contributed by atoms with van der Waals surface area (Å²) in [5.74, 6) is 2.72. The van der Waals surface area contributed by atoms with Crippen molar-refractivity contribution in [3.63, 3.8) is 0 Å². The molecule has 0 bridgehead atoms. The van der Waals surface area contributed by atoms with Crippen molar-refractivity contribution in [1.29, 1.82) is 0 Å². The highest BCUT2D eigenvalue weighted by molar-refractivity contribution is 7.59. The van der Waals surface area contributed by atoms with Crippen LogP contribution in [-0.4, -0.2) is 14.2 Å². The fraction of sp³-hybridized carbons (Fsp3) is 0.200. The Labute approximate surface area is 83.6 Å². The zero-order valence-electron chi connectivity index (χ0n) is 8.06. The standard InChI is InChI=1S/C10H11O3P/c1-12-14(11,13-2)9-8-10-6-4-3-5-7-10/h3-7H,1-2H3. The minimum atomic E-state index is -3.21. The molecule has 14 heavy (non-hydrogen) atoms. The van der Waals surface area contributed by atoms with E-state index >= 15 is 0 Å².